The minimum Gasteiger partial charge on any atom is -0.323 e. The van der Waals surface area contributed by atoms with Gasteiger partial charge in [-0.1, -0.05) is 163 Å². The lowest BCUT2D eigenvalue weighted by Crippen LogP contribution is -1.98. The highest BCUT2D eigenvalue weighted by molar-refractivity contribution is 5.86. The third-order valence-electron chi connectivity index (χ3n) is 7.96. The van der Waals surface area contributed by atoms with Gasteiger partial charge in [-0.2, -0.15) is 0 Å². The van der Waals surface area contributed by atoms with E-state index in [9.17, 15) is 0 Å². The molecule has 0 radical (unpaired) electrons. The third-order valence-corrected chi connectivity index (χ3v) is 7.96. The Kier molecular flexibility index (Phi) is 12.9. The summed E-state index contributed by atoms with van der Waals surface area (Å²) in [6.07, 6.45) is 12.0. The van der Waals surface area contributed by atoms with Gasteiger partial charge in [0, 0.05) is 0 Å². The summed E-state index contributed by atoms with van der Waals surface area (Å²) >= 11 is 0. The number of aryl methyl sites for hydroxylation is 4. The van der Waals surface area contributed by atoms with E-state index in [2.05, 4.69) is 191 Å². The van der Waals surface area contributed by atoms with E-state index in [0.29, 0.717) is 0 Å². The summed E-state index contributed by atoms with van der Waals surface area (Å²) in [5.74, 6) is 0. The van der Waals surface area contributed by atoms with Crippen LogP contribution in [0.15, 0.2) is 151 Å². The molecular formula is C45H47N. The van der Waals surface area contributed by atoms with Gasteiger partial charge in [0.05, 0.1) is 0 Å². The number of hydrogen-bond acceptors (Lipinski definition) is 1. The van der Waals surface area contributed by atoms with Crippen molar-refractivity contribution in [2.75, 3.05) is 14.1 Å². The molecule has 0 amide bonds. The van der Waals surface area contributed by atoms with Gasteiger partial charge in [-0.05, 0) is 109 Å². The Bertz CT molecular complexity index is 1850. The van der Waals surface area contributed by atoms with Crippen LogP contribution in [0.5, 0.6) is 0 Å². The third kappa shape index (κ3) is 9.76. The van der Waals surface area contributed by atoms with Crippen molar-refractivity contribution in [2.24, 2.45) is 0 Å². The number of fused-ring (bicyclic) bond motifs is 3. The van der Waals surface area contributed by atoms with Gasteiger partial charge in [0.15, 0.2) is 0 Å². The van der Waals surface area contributed by atoms with Crippen molar-refractivity contribution in [1.82, 2.24) is 5.32 Å². The van der Waals surface area contributed by atoms with Crippen LogP contribution in [0.1, 0.15) is 38.9 Å². The van der Waals surface area contributed by atoms with Crippen molar-refractivity contribution in [3.05, 3.63) is 190 Å². The van der Waals surface area contributed by atoms with Crippen molar-refractivity contribution in [2.45, 2.75) is 34.1 Å². The molecule has 1 nitrogen and oxygen atoms in total. The van der Waals surface area contributed by atoms with E-state index in [-0.39, 0.29) is 0 Å². The highest BCUT2D eigenvalue weighted by Crippen LogP contribution is 2.25. The fraction of sp³-hybridized carbons (Fsp3) is 0.156. The molecule has 0 saturated carbocycles. The van der Waals surface area contributed by atoms with Gasteiger partial charge in [0.1, 0.15) is 0 Å². The molecule has 0 unspecified atom stereocenters. The second-order valence-electron chi connectivity index (χ2n) is 11.8. The van der Waals surface area contributed by atoms with Gasteiger partial charge in [-0.3, -0.25) is 0 Å². The number of allylic oxidation sites excluding steroid dienone is 4. The minimum absolute atomic E-state index is 1.02. The molecule has 0 saturated heterocycles. The summed E-state index contributed by atoms with van der Waals surface area (Å²) in [5.41, 5.74) is 10.8. The van der Waals surface area contributed by atoms with Gasteiger partial charge in [-0.15, -0.1) is 0 Å². The molecule has 7 rings (SSSR count). The van der Waals surface area contributed by atoms with Crippen molar-refractivity contribution < 1.29 is 0 Å². The lowest BCUT2D eigenvalue weighted by Gasteiger charge is -2.14. The quantitative estimate of drug-likeness (QED) is 0.208. The molecule has 0 bridgehead atoms. The lowest BCUT2D eigenvalue weighted by atomic mass is 9.91. The van der Waals surface area contributed by atoms with Crippen LogP contribution in [-0.4, -0.2) is 14.1 Å². The van der Waals surface area contributed by atoms with Gasteiger partial charge < -0.3 is 5.32 Å². The first kappa shape index (κ1) is 33.9. The van der Waals surface area contributed by atoms with E-state index in [1.807, 2.05) is 14.1 Å². The average molecular weight is 602 g/mol. The SMILES string of the molecule is CNC.Cc1ccc(/C=C/C=C2/C=Cc3c(C)cccc3C2)cc1.Cc1cccc2ccccc12.Cc1cccc2ccccc12. The molecule has 6 aromatic rings. The fourth-order valence-corrected chi connectivity index (χ4v) is 5.45. The van der Waals surface area contributed by atoms with E-state index in [1.165, 1.54) is 66.1 Å². The molecule has 0 aromatic heterocycles. The summed E-state index contributed by atoms with van der Waals surface area (Å²) in [7, 11) is 3.75. The Morgan fingerprint density at radius 2 is 1.02 bits per heavy atom. The maximum absolute atomic E-state index is 2.75. The first-order chi connectivity index (χ1) is 22.4. The molecular weight excluding hydrogens is 555 g/mol. The van der Waals surface area contributed by atoms with Crippen LogP contribution in [-0.2, 0) is 6.42 Å². The number of nitrogens with one attached hydrogen (secondary N) is 1. The Morgan fingerprint density at radius 3 is 1.59 bits per heavy atom. The van der Waals surface area contributed by atoms with Gasteiger partial charge >= 0.3 is 0 Å². The molecule has 0 heterocycles. The van der Waals surface area contributed by atoms with E-state index < -0.39 is 0 Å². The summed E-state index contributed by atoms with van der Waals surface area (Å²) in [6, 6.07) is 44.8. The van der Waals surface area contributed by atoms with Crippen LogP contribution in [0.3, 0.4) is 0 Å². The number of rotatable bonds is 2. The molecule has 1 aliphatic rings. The van der Waals surface area contributed by atoms with Crippen LogP contribution in [0, 0.1) is 27.7 Å². The largest absolute Gasteiger partial charge is 0.323 e. The highest BCUT2D eigenvalue weighted by Gasteiger charge is 2.08. The van der Waals surface area contributed by atoms with Crippen molar-refractivity contribution in [1.29, 1.82) is 0 Å². The van der Waals surface area contributed by atoms with E-state index in [0.717, 1.165) is 6.42 Å². The predicted octanol–water partition coefficient (Wildman–Crippen LogP) is 11.6. The van der Waals surface area contributed by atoms with E-state index in [4.69, 9.17) is 0 Å². The van der Waals surface area contributed by atoms with Gasteiger partial charge in [0.25, 0.3) is 0 Å². The monoisotopic (exact) mass is 601 g/mol. The Morgan fingerprint density at radius 1 is 0.522 bits per heavy atom. The lowest BCUT2D eigenvalue weighted by molar-refractivity contribution is 1.02. The Hall–Kier alpha value is -4.98. The first-order valence-corrected chi connectivity index (χ1v) is 16.1. The summed E-state index contributed by atoms with van der Waals surface area (Å²) in [6.45, 7) is 8.57. The van der Waals surface area contributed by atoms with Crippen LogP contribution >= 0.6 is 0 Å². The zero-order valence-electron chi connectivity index (χ0n) is 28.2. The molecule has 0 aliphatic heterocycles. The second kappa shape index (κ2) is 17.5. The Labute approximate surface area is 276 Å². The topological polar surface area (TPSA) is 12.0 Å². The van der Waals surface area contributed by atoms with Crippen molar-refractivity contribution >= 4 is 33.7 Å². The number of benzene rings is 6. The second-order valence-corrected chi connectivity index (χ2v) is 11.8. The van der Waals surface area contributed by atoms with Crippen LogP contribution in [0.4, 0.5) is 0 Å². The summed E-state index contributed by atoms with van der Waals surface area (Å²) in [5, 5.41) is 8.12. The first-order valence-electron chi connectivity index (χ1n) is 16.1. The van der Waals surface area contributed by atoms with E-state index >= 15 is 0 Å². The number of hydrogen-bond donors (Lipinski definition) is 1. The molecule has 232 valence electrons. The van der Waals surface area contributed by atoms with Crippen molar-refractivity contribution in [3.63, 3.8) is 0 Å². The molecule has 1 heteroatoms. The minimum atomic E-state index is 1.02. The maximum Gasteiger partial charge on any atom is -0.00197 e. The van der Waals surface area contributed by atoms with Gasteiger partial charge in [-0.25, -0.2) is 0 Å². The summed E-state index contributed by atoms with van der Waals surface area (Å²) in [4.78, 5) is 0. The van der Waals surface area contributed by atoms with Crippen molar-refractivity contribution in [3.8, 4) is 0 Å². The summed E-state index contributed by atoms with van der Waals surface area (Å²) < 4.78 is 0. The molecule has 46 heavy (non-hydrogen) atoms. The standard InChI is InChI=1S/C21H20.2C11H10.C2H7N/c1-16-9-11-18(12-10-16)6-4-7-19-13-14-21-17(2)5-3-8-20(21)15-19;2*1-9-5-4-7-10-6-2-3-8-11(9)10;1-3-2/h3-14H,15H2,1-2H3;2*2-8H,1H3;3H,1-2H3/b6-4+,19-7-;;;. The average Bonchev–Trinajstić information content (AvgIpc) is 3.07. The van der Waals surface area contributed by atoms with E-state index in [1.54, 1.807) is 0 Å². The molecule has 0 spiro atoms. The predicted molar refractivity (Wildman–Crippen MR) is 205 cm³/mol. The van der Waals surface area contributed by atoms with Gasteiger partial charge in [0.2, 0.25) is 0 Å². The van der Waals surface area contributed by atoms with Crippen LogP contribution in [0.25, 0.3) is 33.7 Å². The molecule has 1 aliphatic carbocycles. The normalized spacial score (nSPS) is 12.4. The highest BCUT2D eigenvalue weighted by atomic mass is 14.7. The maximum atomic E-state index is 2.75. The zero-order chi connectivity index (χ0) is 32.7. The Balaban J connectivity index is 0.000000162. The molecule has 0 fully saturated rings. The smallest absolute Gasteiger partial charge is 0.00197 e. The fourth-order valence-electron chi connectivity index (χ4n) is 5.45. The molecule has 0 atom stereocenters. The zero-order valence-corrected chi connectivity index (χ0v) is 28.2. The molecule has 6 aromatic carbocycles. The molecule has 1 N–H and O–H groups in total. The van der Waals surface area contributed by atoms with Crippen LogP contribution < -0.4 is 5.32 Å². The van der Waals surface area contributed by atoms with Crippen LogP contribution in [0.2, 0.25) is 0 Å².